The normalized spacial score (nSPS) is 15.1. The number of hydrogen-bond donors (Lipinski definition) is 0. The van der Waals surface area contributed by atoms with Crippen molar-refractivity contribution >= 4 is 43.6 Å². The van der Waals surface area contributed by atoms with Crippen molar-refractivity contribution in [3.8, 4) is 33.6 Å². The molecule has 0 unspecified atom stereocenters. The highest BCUT2D eigenvalue weighted by Crippen LogP contribution is 2.58. The van der Waals surface area contributed by atoms with Crippen molar-refractivity contribution in [2.24, 2.45) is 0 Å². The van der Waals surface area contributed by atoms with E-state index in [0.29, 0.717) is 0 Å². The Kier molecular flexibility index (Phi) is 5.28. The minimum atomic E-state index is -0.202. The summed E-state index contributed by atoms with van der Waals surface area (Å²) < 4.78 is 5.12. The van der Waals surface area contributed by atoms with E-state index in [1.807, 2.05) is 0 Å². The van der Waals surface area contributed by atoms with Crippen molar-refractivity contribution in [1.82, 2.24) is 9.13 Å². The molecular formula is C48H36N2. The molecule has 2 aliphatic carbocycles. The molecule has 2 heterocycles. The first-order chi connectivity index (χ1) is 24.4. The van der Waals surface area contributed by atoms with Gasteiger partial charge in [-0.25, -0.2) is 0 Å². The van der Waals surface area contributed by atoms with E-state index in [2.05, 4.69) is 182 Å². The molecule has 11 rings (SSSR count). The molecule has 50 heavy (non-hydrogen) atoms. The van der Waals surface area contributed by atoms with Crippen LogP contribution in [0.25, 0.3) is 77.2 Å². The van der Waals surface area contributed by atoms with Crippen molar-refractivity contribution in [3.63, 3.8) is 0 Å². The Bertz CT molecular complexity index is 2910. The minimum absolute atomic E-state index is 0.0930. The molecule has 0 N–H and O–H groups in total. The van der Waals surface area contributed by atoms with Crippen LogP contribution in [0.5, 0.6) is 0 Å². The average Bonchev–Trinajstić information content (AvgIpc) is 3.81. The molecule has 0 amide bonds. The molecular weight excluding hydrogens is 605 g/mol. The largest absolute Gasteiger partial charge is 0.309 e. The second-order valence-electron chi connectivity index (χ2n) is 15.3. The molecule has 2 aliphatic rings. The smallest absolute Gasteiger partial charge is 0.0644 e. The van der Waals surface area contributed by atoms with Gasteiger partial charge in [-0.2, -0.15) is 0 Å². The fraction of sp³-hybridized carbons (Fsp3) is 0.125. The van der Waals surface area contributed by atoms with Crippen LogP contribution in [0.4, 0.5) is 0 Å². The molecule has 9 aromatic rings. The summed E-state index contributed by atoms with van der Waals surface area (Å²) in [7, 11) is 0. The minimum Gasteiger partial charge on any atom is -0.309 e. The molecule has 238 valence electrons. The van der Waals surface area contributed by atoms with Gasteiger partial charge in [0.1, 0.15) is 0 Å². The first-order valence-corrected chi connectivity index (χ1v) is 17.8. The third kappa shape index (κ3) is 3.29. The lowest BCUT2D eigenvalue weighted by atomic mass is 9.80. The fourth-order valence-corrected chi connectivity index (χ4v) is 9.90. The third-order valence-electron chi connectivity index (χ3n) is 12.1. The van der Waals surface area contributed by atoms with E-state index in [9.17, 15) is 0 Å². The summed E-state index contributed by atoms with van der Waals surface area (Å²) in [6, 6.07) is 54.3. The van der Waals surface area contributed by atoms with Crippen LogP contribution in [0.15, 0.2) is 146 Å². The van der Waals surface area contributed by atoms with Crippen LogP contribution in [0, 0.1) is 0 Å². The molecule has 0 fully saturated rings. The highest BCUT2D eigenvalue weighted by Gasteiger charge is 2.42. The summed E-state index contributed by atoms with van der Waals surface area (Å²) in [5, 5.41) is 5.26. The Morgan fingerprint density at radius 1 is 0.400 bits per heavy atom. The van der Waals surface area contributed by atoms with E-state index >= 15 is 0 Å². The zero-order valence-electron chi connectivity index (χ0n) is 28.8. The van der Waals surface area contributed by atoms with Gasteiger partial charge in [0.2, 0.25) is 0 Å². The number of aromatic nitrogens is 2. The number of para-hydroxylation sites is 3. The van der Waals surface area contributed by atoms with Gasteiger partial charge in [0, 0.05) is 49.3 Å². The van der Waals surface area contributed by atoms with Crippen LogP contribution < -0.4 is 0 Å². The molecule has 2 aromatic heterocycles. The SMILES string of the molecule is CC1(C)c2ccccc2-c2ccc(-n3c4ccccc4c4c3c3c(c5c6ccccc6n(-c6ccccc6)c54)C(C)(C)c4ccccc4-3)cc21. The van der Waals surface area contributed by atoms with Gasteiger partial charge < -0.3 is 9.13 Å². The number of rotatable bonds is 2. The molecule has 0 bridgehead atoms. The highest BCUT2D eigenvalue weighted by molar-refractivity contribution is 6.31. The zero-order valence-corrected chi connectivity index (χ0v) is 28.8. The summed E-state index contributed by atoms with van der Waals surface area (Å²) in [6.07, 6.45) is 0. The molecule has 0 saturated carbocycles. The second-order valence-corrected chi connectivity index (χ2v) is 15.3. The Labute approximate surface area is 291 Å². The lowest BCUT2D eigenvalue weighted by Crippen LogP contribution is -2.16. The fourth-order valence-electron chi connectivity index (χ4n) is 9.90. The molecule has 0 spiro atoms. The standard InChI is InChI=1S/C48H36N2/c1-47(2)36-22-12-8-18-31(36)32-27-26-30(28-38(32)47)50-40-25-15-11-21-35(40)43-45(50)41-33-19-9-13-23-37(33)48(3,4)44(41)42-34-20-10-14-24-39(34)49(46(42)43)29-16-6-5-7-17-29/h5-28H,1-4H3. The maximum atomic E-state index is 2.59. The predicted octanol–water partition coefficient (Wildman–Crippen LogP) is 12.5. The Balaban J connectivity index is 1.40. The third-order valence-corrected chi connectivity index (χ3v) is 12.1. The maximum Gasteiger partial charge on any atom is 0.0644 e. The van der Waals surface area contributed by atoms with Crippen molar-refractivity contribution < 1.29 is 0 Å². The van der Waals surface area contributed by atoms with Crippen LogP contribution in [0.2, 0.25) is 0 Å². The number of hydrogen-bond acceptors (Lipinski definition) is 0. The first kappa shape index (κ1) is 28.0. The lowest BCUT2D eigenvalue weighted by molar-refractivity contribution is 0.660. The van der Waals surface area contributed by atoms with Crippen molar-refractivity contribution in [2.75, 3.05) is 0 Å². The molecule has 0 atom stereocenters. The Hall–Kier alpha value is -5.86. The molecule has 2 heteroatoms. The number of benzene rings is 7. The van der Waals surface area contributed by atoms with Crippen molar-refractivity contribution in [1.29, 1.82) is 0 Å². The maximum absolute atomic E-state index is 2.59. The lowest BCUT2D eigenvalue weighted by Gasteiger charge is -2.24. The van der Waals surface area contributed by atoms with Gasteiger partial charge in [0.05, 0.1) is 22.1 Å². The predicted molar refractivity (Wildman–Crippen MR) is 210 cm³/mol. The van der Waals surface area contributed by atoms with E-state index in [4.69, 9.17) is 0 Å². The highest BCUT2D eigenvalue weighted by atomic mass is 15.0. The monoisotopic (exact) mass is 640 g/mol. The van der Waals surface area contributed by atoms with Crippen LogP contribution in [0.1, 0.15) is 49.9 Å². The topological polar surface area (TPSA) is 9.86 Å². The average molecular weight is 641 g/mol. The molecule has 0 aliphatic heterocycles. The Morgan fingerprint density at radius 3 is 1.66 bits per heavy atom. The molecule has 7 aromatic carbocycles. The van der Waals surface area contributed by atoms with E-state index < -0.39 is 0 Å². The summed E-state index contributed by atoms with van der Waals surface area (Å²) >= 11 is 0. The van der Waals surface area contributed by atoms with Gasteiger partial charge in [-0.3, -0.25) is 0 Å². The first-order valence-electron chi connectivity index (χ1n) is 17.8. The zero-order chi connectivity index (χ0) is 33.5. The van der Waals surface area contributed by atoms with Gasteiger partial charge in [-0.05, 0) is 75.3 Å². The molecule has 2 nitrogen and oxygen atoms in total. The molecule has 0 saturated heterocycles. The van der Waals surface area contributed by atoms with Crippen molar-refractivity contribution in [2.45, 2.75) is 38.5 Å². The van der Waals surface area contributed by atoms with Gasteiger partial charge in [-0.15, -0.1) is 0 Å². The number of nitrogens with zero attached hydrogens (tertiary/aromatic N) is 2. The summed E-state index contributed by atoms with van der Waals surface area (Å²) in [5.41, 5.74) is 18.2. The van der Waals surface area contributed by atoms with E-state index in [0.717, 1.165) is 0 Å². The van der Waals surface area contributed by atoms with Crippen LogP contribution >= 0.6 is 0 Å². The quantitative estimate of drug-likeness (QED) is 0.178. The summed E-state index contributed by atoms with van der Waals surface area (Å²) in [6.45, 7) is 9.62. The van der Waals surface area contributed by atoms with Crippen LogP contribution in [-0.4, -0.2) is 9.13 Å². The second kappa shape index (κ2) is 9.43. The van der Waals surface area contributed by atoms with Gasteiger partial charge in [-0.1, -0.05) is 137 Å². The van der Waals surface area contributed by atoms with Crippen LogP contribution in [-0.2, 0) is 10.8 Å². The molecule has 0 radical (unpaired) electrons. The van der Waals surface area contributed by atoms with E-state index in [-0.39, 0.29) is 10.8 Å². The van der Waals surface area contributed by atoms with E-state index in [1.54, 1.807) is 0 Å². The summed E-state index contributed by atoms with van der Waals surface area (Å²) in [5.74, 6) is 0. The Morgan fingerprint density at radius 2 is 0.940 bits per heavy atom. The van der Waals surface area contributed by atoms with Gasteiger partial charge in [0.15, 0.2) is 0 Å². The van der Waals surface area contributed by atoms with Crippen LogP contribution in [0.3, 0.4) is 0 Å². The van der Waals surface area contributed by atoms with Crippen molar-refractivity contribution in [3.05, 3.63) is 168 Å². The van der Waals surface area contributed by atoms with E-state index in [1.165, 1.54) is 99.5 Å². The van der Waals surface area contributed by atoms with Gasteiger partial charge in [0.25, 0.3) is 0 Å². The summed E-state index contributed by atoms with van der Waals surface area (Å²) in [4.78, 5) is 0. The number of fused-ring (bicyclic) bond motifs is 15. The van der Waals surface area contributed by atoms with Gasteiger partial charge >= 0.3 is 0 Å².